The highest BCUT2D eigenvalue weighted by atomic mass is 16.5. The predicted molar refractivity (Wildman–Crippen MR) is 93.2 cm³/mol. The summed E-state index contributed by atoms with van der Waals surface area (Å²) in [4.78, 5) is 19.2. The Bertz CT molecular complexity index is 892. The van der Waals surface area contributed by atoms with E-state index in [0.717, 1.165) is 29.8 Å². The second-order valence-electron chi connectivity index (χ2n) is 5.96. The summed E-state index contributed by atoms with van der Waals surface area (Å²) in [5.74, 6) is 1.41. The number of methoxy groups -OCH3 is 1. The molecule has 6 heteroatoms. The summed E-state index contributed by atoms with van der Waals surface area (Å²) in [6.45, 7) is 0.742. The first-order valence-electron chi connectivity index (χ1n) is 8.17. The molecule has 1 N–H and O–H groups in total. The van der Waals surface area contributed by atoms with Gasteiger partial charge in [-0.2, -0.15) is 5.10 Å². The van der Waals surface area contributed by atoms with E-state index in [4.69, 9.17) is 4.74 Å². The number of amides is 1. The van der Waals surface area contributed by atoms with E-state index >= 15 is 0 Å². The summed E-state index contributed by atoms with van der Waals surface area (Å²) in [6, 6.07) is 15.4. The minimum absolute atomic E-state index is 0.00562. The van der Waals surface area contributed by atoms with Crippen molar-refractivity contribution in [1.82, 2.24) is 20.1 Å². The maximum Gasteiger partial charge on any atom is 0.255 e. The molecule has 1 aliphatic rings. The molecule has 0 aliphatic carbocycles. The molecular formula is C19H18N4O2. The molecule has 1 aliphatic heterocycles. The van der Waals surface area contributed by atoms with Crippen molar-refractivity contribution in [2.45, 2.75) is 12.5 Å². The molecule has 6 nitrogen and oxygen atoms in total. The van der Waals surface area contributed by atoms with E-state index in [2.05, 4.69) is 15.2 Å². The van der Waals surface area contributed by atoms with Crippen LogP contribution in [0.4, 0.5) is 0 Å². The summed E-state index contributed by atoms with van der Waals surface area (Å²) < 4.78 is 5.30. The van der Waals surface area contributed by atoms with Gasteiger partial charge in [0.2, 0.25) is 0 Å². The van der Waals surface area contributed by atoms with Crippen LogP contribution >= 0.6 is 0 Å². The van der Waals surface area contributed by atoms with Crippen LogP contribution in [0.5, 0.6) is 5.75 Å². The summed E-state index contributed by atoms with van der Waals surface area (Å²) >= 11 is 0. The molecule has 2 aromatic carbocycles. The van der Waals surface area contributed by atoms with Gasteiger partial charge in [-0.05, 0) is 30.2 Å². The molecule has 1 saturated heterocycles. The van der Waals surface area contributed by atoms with E-state index in [-0.39, 0.29) is 11.9 Å². The standard InChI is InChI=1S/C19H18N4O2/c1-25-14-6-4-5-13(11-14)17-9-10-23(17)19(24)16-8-3-2-7-15(16)18-20-12-21-22-18/h2-8,11-12,17H,9-10H2,1H3,(H,20,21,22)/t17-/m1/s1. The van der Waals surface area contributed by atoms with Crippen molar-refractivity contribution in [3.05, 3.63) is 66.0 Å². The number of nitrogens with one attached hydrogen (secondary N) is 1. The topological polar surface area (TPSA) is 71.1 Å². The maximum atomic E-state index is 13.1. The molecule has 0 spiro atoms. The van der Waals surface area contributed by atoms with Crippen LogP contribution in [0.15, 0.2) is 54.9 Å². The summed E-state index contributed by atoms with van der Waals surface area (Å²) in [5, 5.41) is 6.72. The largest absolute Gasteiger partial charge is 0.497 e. The van der Waals surface area contributed by atoms with Gasteiger partial charge in [-0.3, -0.25) is 9.89 Å². The number of hydrogen-bond acceptors (Lipinski definition) is 4. The molecule has 0 unspecified atom stereocenters. The lowest BCUT2D eigenvalue weighted by Gasteiger charge is -2.41. The zero-order valence-electron chi connectivity index (χ0n) is 13.8. The number of carbonyl (C=O) groups excluding carboxylic acids is 1. The number of aromatic amines is 1. The number of benzene rings is 2. The van der Waals surface area contributed by atoms with E-state index in [1.54, 1.807) is 7.11 Å². The average Bonchev–Trinajstić information content (AvgIpc) is 3.15. The molecule has 4 rings (SSSR count). The first kappa shape index (κ1) is 15.4. The van der Waals surface area contributed by atoms with Crippen LogP contribution in [0.25, 0.3) is 11.4 Å². The SMILES string of the molecule is COc1cccc([C@H]2CCN2C(=O)c2ccccc2-c2ncn[nH]2)c1. The van der Waals surface area contributed by atoms with E-state index in [0.29, 0.717) is 11.4 Å². The molecule has 1 fully saturated rings. The molecule has 25 heavy (non-hydrogen) atoms. The number of H-pyrrole nitrogens is 1. The monoisotopic (exact) mass is 334 g/mol. The van der Waals surface area contributed by atoms with Crippen LogP contribution < -0.4 is 4.74 Å². The number of aromatic nitrogens is 3. The fraction of sp³-hybridized carbons (Fsp3) is 0.211. The molecule has 0 radical (unpaired) electrons. The molecule has 1 aromatic heterocycles. The fourth-order valence-corrected chi connectivity index (χ4v) is 3.19. The van der Waals surface area contributed by atoms with Crippen molar-refractivity contribution in [2.24, 2.45) is 0 Å². The van der Waals surface area contributed by atoms with Gasteiger partial charge in [0.15, 0.2) is 5.82 Å². The van der Waals surface area contributed by atoms with Gasteiger partial charge in [0.1, 0.15) is 12.1 Å². The quantitative estimate of drug-likeness (QED) is 0.796. The zero-order valence-corrected chi connectivity index (χ0v) is 13.8. The van der Waals surface area contributed by atoms with E-state index in [9.17, 15) is 4.79 Å². The third-order valence-corrected chi connectivity index (χ3v) is 4.59. The third kappa shape index (κ3) is 2.76. The van der Waals surface area contributed by atoms with Gasteiger partial charge < -0.3 is 9.64 Å². The number of carbonyl (C=O) groups is 1. The minimum Gasteiger partial charge on any atom is -0.497 e. The maximum absolute atomic E-state index is 13.1. The highest BCUT2D eigenvalue weighted by molar-refractivity contribution is 6.00. The van der Waals surface area contributed by atoms with Crippen LogP contribution in [-0.4, -0.2) is 39.6 Å². The van der Waals surface area contributed by atoms with Crippen molar-refractivity contribution >= 4 is 5.91 Å². The molecule has 1 amide bonds. The third-order valence-electron chi connectivity index (χ3n) is 4.59. The van der Waals surface area contributed by atoms with Gasteiger partial charge in [-0.1, -0.05) is 30.3 Å². The van der Waals surface area contributed by atoms with Crippen LogP contribution in [0, 0.1) is 0 Å². The molecule has 1 atom stereocenters. The Morgan fingerprint density at radius 3 is 2.84 bits per heavy atom. The normalized spacial score (nSPS) is 16.4. The lowest BCUT2D eigenvalue weighted by atomic mass is 9.92. The molecule has 2 heterocycles. The Kier molecular flexibility index (Phi) is 3.93. The van der Waals surface area contributed by atoms with Crippen LogP contribution in [0.3, 0.4) is 0 Å². The highest BCUT2D eigenvalue weighted by Gasteiger charge is 2.35. The Morgan fingerprint density at radius 1 is 1.24 bits per heavy atom. The Morgan fingerprint density at radius 2 is 2.12 bits per heavy atom. The van der Waals surface area contributed by atoms with Crippen LogP contribution in [0.1, 0.15) is 28.4 Å². The minimum atomic E-state index is 0.00562. The van der Waals surface area contributed by atoms with Gasteiger partial charge in [-0.15, -0.1) is 0 Å². The van der Waals surface area contributed by atoms with E-state index in [1.165, 1.54) is 6.33 Å². The Balaban J connectivity index is 1.64. The number of rotatable bonds is 4. The molecule has 126 valence electrons. The second-order valence-corrected chi connectivity index (χ2v) is 5.96. The summed E-state index contributed by atoms with van der Waals surface area (Å²) in [7, 11) is 1.65. The van der Waals surface area contributed by atoms with Gasteiger partial charge in [0.25, 0.3) is 5.91 Å². The van der Waals surface area contributed by atoms with E-state index in [1.807, 2.05) is 53.4 Å². The first-order valence-corrected chi connectivity index (χ1v) is 8.17. The average molecular weight is 334 g/mol. The van der Waals surface area contributed by atoms with Crippen LogP contribution in [-0.2, 0) is 0 Å². The van der Waals surface area contributed by atoms with Gasteiger partial charge in [0.05, 0.1) is 18.7 Å². The summed E-state index contributed by atoms with van der Waals surface area (Å²) in [6.07, 6.45) is 2.39. The Labute approximate surface area is 145 Å². The fourth-order valence-electron chi connectivity index (χ4n) is 3.19. The van der Waals surface area contributed by atoms with Crippen molar-refractivity contribution in [2.75, 3.05) is 13.7 Å². The first-order chi connectivity index (χ1) is 12.3. The number of hydrogen-bond donors (Lipinski definition) is 1. The second kappa shape index (κ2) is 6.39. The molecular weight excluding hydrogens is 316 g/mol. The van der Waals surface area contributed by atoms with Crippen LogP contribution in [0.2, 0.25) is 0 Å². The number of nitrogens with zero attached hydrogens (tertiary/aromatic N) is 3. The molecule has 3 aromatic rings. The Hall–Kier alpha value is -3.15. The van der Waals surface area contributed by atoms with Crippen molar-refractivity contribution < 1.29 is 9.53 Å². The zero-order chi connectivity index (χ0) is 17.2. The van der Waals surface area contributed by atoms with Gasteiger partial charge >= 0.3 is 0 Å². The van der Waals surface area contributed by atoms with Crippen molar-refractivity contribution in [3.8, 4) is 17.1 Å². The highest BCUT2D eigenvalue weighted by Crippen LogP contribution is 2.36. The lowest BCUT2D eigenvalue weighted by Crippen LogP contribution is -2.45. The molecule has 0 saturated carbocycles. The number of ether oxygens (including phenoxy) is 1. The lowest BCUT2D eigenvalue weighted by molar-refractivity contribution is 0.0460. The summed E-state index contributed by atoms with van der Waals surface area (Å²) in [5.41, 5.74) is 2.49. The smallest absolute Gasteiger partial charge is 0.255 e. The number of likely N-dealkylation sites (tertiary alicyclic amines) is 1. The van der Waals surface area contributed by atoms with Crippen molar-refractivity contribution in [3.63, 3.8) is 0 Å². The van der Waals surface area contributed by atoms with E-state index < -0.39 is 0 Å². The predicted octanol–water partition coefficient (Wildman–Crippen LogP) is 3.07. The van der Waals surface area contributed by atoms with Crippen molar-refractivity contribution in [1.29, 1.82) is 0 Å². The molecule has 0 bridgehead atoms. The van der Waals surface area contributed by atoms with Gasteiger partial charge in [-0.25, -0.2) is 4.98 Å². The van der Waals surface area contributed by atoms with Gasteiger partial charge in [0, 0.05) is 12.1 Å².